The van der Waals surface area contributed by atoms with Gasteiger partial charge < -0.3 is 5.32 Å². The van der Waals surface area contributed by atoms with Crippen LogP contribution < -0.4 is 5.32 Å². The molecule has 0 aliphatic carbocycles. The SMILES string of the molecule is CCNc1c[c]cnc1F. The maximum Gasteiger partial charge on any atom is 0.236 e. The molecule has 2 nitrogen and oxygen atoms in total. The van der Waals surface area contributed by atoms with Crippen LogP contribution in [0.1, 0.15) is 6.92 Å². The zero-order chi connectivity index (χ0) is 7.40. The third-order valence-electron chi connectivity index (χ3n) is 1.07. The standard InChI is InChI=1S/C7H8FN2/c1-2-9-6-4-3-5-10-7(6)8/h4-5,9H,2H2,1H3. The molecule has 0 fully saturated rings. The first-order valence-corrected chi connectivity index (χ1v) is 3.10. The Hall–Kier alpha value is -1.12. The van der Waals surface area contributed by atoms with Gasteiger partial charge in [-0.25, -0.2) is 4.98 Å². The van der Waals surface area contributed by atoms with Crippen LogP contribution in [0.2, 0.25) is 0 Å². The van der Waals surface area contributed by atoms with Gasteiger partial charge in [0.05, 0.1) is 5.69 Å². The molecular formula is C7H8FN2. The number of rotatable bonds is 2. The summed E-state index contributed by atoms with van der Waals surface area (Å²) in [6.07, 6.45) is 1.30. The van der Waals surface area contributed by atoms with Crippen LogP contribution in [0, 0.1) is 12.0 Å². The summed E-state index contributed by atoms with van der Waals surface area (Å²) in [7, 11) is 0. The van der Waals surface area contributed by atoms with E-state index in [0.29, 0.717) is 12.2 Å². The molecular weight excluding hydrogens is 131 g/mol. The third kappa shape index (κ3) is 1.43. The number of nitrogens with zero attached hydrogens (tertiary/aromatic N) is 1. The van der Waals surface area contributed by atoms with E-state index in [1.54, 1.807) is 0 Å². The lowest BCUT2D eigenvalue weighted by atomic mass is 10.4. The summed E-state index contributed by atoms with van der Waals surface area (Å²) in [5, 5.41) is 2.81. The lowest BCUT2D eigenvalue weighted by Gasteiger charge is -2.00. The molecule has 10 heavy (non-hydrogen) atoms. The highest BCUT2D eigenvalue weighted by Crippen LogP contribution is 2.07. The van der Waals surface area contributed by atoms with Crippen molar-refractivity contribution >= 4 is 5.69 Å². The zero-order valence-electron chi connectivity index (χ0n) is 5.69. The zero-order valence-corrected chi connectivity index (χ0v) is 5.69. The minimum Gasteiger partial charge on any atom is -0.382 e. The van der Waals surface area contributed by atoms with Crippen LogP contribution in [-0.4, -0.2) is 11.5 Å². The van der Waals surface area contributed by atoms with Gasteiger partial charge in [-0.1, -0.05) is 0 Å². The lowest BCUT2D eigenvalue weighted by Crippen LogP contribution is -1.99. The minimum absolute atomic E-state index is 0.407. The second-order valence-electron chi connectivity index (χ2n) is 1.80. The highest BCUT2D eigenvalue weighted by molar-refractivity contribution is 5.40. The molecule has 0 aliphatic rings. The lowest BCUT2D eigenvalue weighted by molar-refractivity contribution is 0.587. The number of anilines is 1. The van der Waals surface area contributed by atoms with Gasteiger partial charge in [-0.3, -0.25) is 0 Å². The molecule has 3 heteroatoms. The van der Waals surface area contributed by atoms with Gasteiger partial charge in [0.25, 0.3) is 0 Å². The van der Waals surface area contributed by atoms with Crippen molar-refractivity contribution in [2.45, 2.75) is 6.92 Å². The number of pyridine rings is 1. The highest BCUT2D eigenvalue weighted by atomic mass is 19.1. The van der Waals surface area contributed by atoms with E-state index in [4.69, 9.17) is 0 Å². The van der Waals surface area contributed by atoms with Crippen LogP contribution in [0.3, 0.4) is 0 Å². The Morgan fingerprint density at radius 3 is 3.20 bits per heavy atom. The Morgan fingerprint density at radius 2 is 2.60 bits per heavy atom. The summed E-state index contributed by atoms with van der Waals surface area (Å²) in [6, 6.07) is 4.21. The molecule has 1 heterocycles. The largest absolute Gasteiger partial charge is 0.382 e. The number of nitrogens with one attached hydrogen (secondary N) is 1. The van der Waals surface area contributed by atoms with Gasteiger partial charge in [0.15, 0.2) is 0 Å². The summed E-state index contributed by atoms with van der Waals surface area (Å²) < 4.78 is 12.6. The second kappa shape index (κ2) is 3.15. The summed E-state index contributed by atoms with van der Waals surface area (Å²) in [5.74, 6) is -0.472. The van der Waals surface area contributed by atoms with Gasteiger partial charge in [-0.2, -0.15) is 4.39 Å². The molecule has 0 amide bonds. The van der Waals surface area contributed by atoms with E-state index < -0.39 is 5.95 Å². The van der Waals surface area contributed by atoms with Crippen LogP contribution in [0.25, 0.3) is 0 Å². The maximum atomic E-state index is 12.6. The molecule has 0 aromatic carbocycles. The summed E-state index contributed by atoms with van der Waals surface area (Å²) in [6.45, 7) is 2.59. The quantitative estimate of drug-likeness (QED) is 0.627. The predicted octanol–water partition coefficient (Wildman–Crippen LogP) is 1.45. The molecule has 1 aromatic rings. The van der Waals surface area contributed by atoms with Crippen molar-refractivity contribution in [3.05, 3.63) is 24.3 Å². The average Bonchev–Trinajstić information content (AvgIpc) is 1.94. The second-order valence-corrected chi connectivity index (χ2v) is 1.80. The Bertz CT molecular complexity index is 213. The van der Waals surface area contributed by atoms with Crippen LogP contribution >= 0.6 is 0 Å². The van der Waals surface area contributed by atoms with E-state index in [9.17, 15) is 4.39 Å². The van der Waals surface area contributed by atoms with Crippen molar-refractivity contribution in [3.63, 3.8) is 0 Å². The Kier molecular flexibility index (Phi) is 2.20. The van der Waals surface area contributed by atoms with E-state index in [1.165, 1.54) is 12.3 Å². The fraction of sp³-hybridized carbons (Fsp3) is 0.286. The van der Waals surface area contributed by atoms with Crippen LogP contribution in [0.15, 0.2) is 12.3 Å². The number of halogens is 1. The molecule has 1 N–H and O–H groups in total. The Morgan fingerprint density at radius 1 is 1.80 bits per heavy atom. The van der Waals surface area contributed by atoms with Gasteiger partial charge >= 0.3 is 0 Å². The molecule has 53 valence electrons. The third-order valence-corrected chi connectivity index (χ3v) is 1.07. The van der Waals surface area contributed by atoms with Crippen molar-refractivity contribution in [1.82, 2.24) is 4.98 Å². The molecule has 0 unspecified atom stereocenters. The van der Waals surface area contributed by atoms with E-state index in [1.807, 2.05) is 6.92 Å². The molecule has 0 saturated heterocycles. The Balaban J connectivity index is 2.81. The van der Waals surface area contributed by atoms with Gasteiger partial charge in [-0.05, 0) is 13.0 Å². The number of aromatic nitrogens is 1. The van der Waals surface area contributed by atoms with Crippen LogP contribution in [-0.2, 0) is 0 Å². The fourth-order valence-corrected chi connectivity index (χ4v) is 0.658. The molecule has 0 saturated carbocycles. The van der Waals surface area contributed by atoms with Crippen molar-refractivity contribution in [2.75, 3.05) is 11.9 Å². The fourth-order valence-electron chi connectivity index (χ4n) is 0.658. The normalized spacial score (nSPS) is 9.40. The van der Waals surface area contributed by atoms with Gasteiger partial charge in [0.1, 0.15) is 0 Å². The molecule has 0 bridgehead atoms. The monoisotopic (exact) mass is 139 g/mol. The summed E-state index contributed by atoms with van der Waals surface area (Å²) in [5.41, 5.74) is 0.407. The first kappa shape index (κ1) is 6.99. The molecule has 1 aromatic heterocycles. The van der Waals surface area contributed by atoms with Crippen molar-refractivity contribution in [3.8, 4) is 0 Å². The molecule has 0 spiro atoms. The molecule has 0 atom stereocenters. The van der Waals surface area contributed by atoms with Gasteiger partial charge in [-0.15, -0.1) is 0 Å². The van der Waals surface area contributed by atoms with E-state index in [0.717, 1.165) is 0 Å². The van der Waals surface area contributed by atoms with Crippen LogP contribution in [0.5, 0.6) is 0 Å². The smallest absolute Gasteiger partial charge is 0.236 e. The number of hydrogen-bond donors (Lipinski definition) is 1. The van der Waals surface area contributed by atoms with E-state index in [2.05, 4.69) is 16.4 Å². The summed E-state index contributed by atoms with van der Waals surface area (Å²) >= 11 is 0. The van der Waals surface area contributed by atoms with Crippen molar-refractivity contribution in [2.24, 2.45) is 0 Å². The first-order valence-electron chi connectivity index (χ1n) is 3.10. The summed E-state index contributed by atoms with van der Waals surface area (Å²) in [4.78, 5) is 3.41. The van der Waals surface area contributed by atoms with Crippen LogP contribution in [0.4, 0.5) is 10.1 Å². The molecule has 1 rings (SSSR count). The topological polar surface area (TPSA) is 24.9 Å². The maximum absolute atomic E-state index is 12.6. The predicted molar refractivity (Wildman–Crippen MR) is 37.2 cm³/mol. The number of hydrogen-bond acceptors (Lipinski definition) is 2. The van der Waals surface area contributed by atoms with Crippen molar-refractivity contribution in [1.29, 1.82) is 0 Å². The first-order chi connectivity index (χ1) is 4.84. The molecule has 1 radical (unpaired) electrons. The van der Waals surface area contributed by atoms with Gasteiger partial charge in [0, 0.05) is 18.8 Å². The molecule has 0 aliphatic heterocycles. The average molecular weight is 139 g/mol. The highest BCUT2D eigenvalue weighted by Gasteiger charge is 1.97. The van der Waals surface area contributed by atoms with Gasteiger partial charge in [0.2, 0.25) is 5.95 Å². The van der Waals surface area contributed by atoms with Crippen molar-refractivity contribution < 1.29 is 4.39 Å². The van der Waals surface area contributed by atoms with E-state index in [-0.39, 0.29) is 0 Å². The van der Waals surface area contributed by atoms with E-state index >= 15 is 0 Å². The Labute approximate surface area is 59.1 Å². The minimum atomic E-state index is -0.472.